The third kappa shape index (κ3) is 2.17. The van der Waals surface area contributed by atoms with Crippen LogP contribution in [0.15, 0.2) is 36.4 Å². The Bertz CT molecular complexity index is 583. The summed E-state index contributed by atoms with van der Waals surface area (Å²) in [5, 5.41) is 2.70. The molecule has 0 bridgehead atoms. The van der Waals surface area contributed by atoms with E-state index < -0.39 is 8.07 Å². The molecule has 2 aromatic rings. The lowest BCUT2D eigenvalue weighted by molar-refractivity contribution is 0.252. The molecule has 1 nitrogen and oxygen atoms in total. The Balaban J connectivity index is 1.95. The number of ether oxygens (including phenoxy) is 1. The fourth-order valence-electron chi connectivity index (χ4n) is 2.88. The molecule has 0 aliphatic carbocycles. The summed E-state index contributed by atoms with van der Waals surface area (Å²) in [4.78, 5) is 0. The van der Waals surface area contributed by atoms with E-state index in [2.05, 4.69) is 56.0 Å². The molecule has 1 heterocycles. The molecular weight excluding hydrogens is 236 g/mol. The Morgan fingerprint density at radius 1 is 1.11 bits per heavy atom. The van der Waals surface area contributed by atoms with Crippen molar-refractivity contribution in [1.29, 1.82) is 0 Å². The summed E-state index contributed by atoms with van der Waals surface area (Å²) in [6.45, 7) is 7.24. The van der Waals surface area contributed by atoms with Crippen LogP contribution >= 0.6 is 0 Å². The quantitative estimate of drug-likeness (QED) is 0.720. The highest BCUT2D eigenvalue weighted by Crippen LogP contribution is 2.37. The molecule has 1 unspecified atom stereocenters. The van der Waals surface area contributed by atoms with Gasteiger partial charge < -0.3 is 4.74 Å². The number of hydrogen-bond donors (Lipinski definition) is 0. The van der Waals surface area contributed by atoms with Gasteiger partial charge in [0.2, 0.25) is 0 Å². The lowest BCUT2D eigenvalue weighted by Gasteiger charge is -2.20. The van der Waals surface area contributed by atoms with E-state index in [1.54, 1.807) is 0 Å². The van der Waals surface area contributed by atoms with Gasteiger partial charge in [0.05, 0.1) is 0 Å². The van der Waals surface area contributed by atoms with Gasteiger partial charge in [-0.15, -0.1) is 0 Å². The predicted octanol–water partition coefficient (Wildman–Crippen LogP) is 4.48. The molecule has 0 N–H and O–H groups in total. The van der Waals surface area contributed by atoms with Crippen LogP contribution in [-0.2, 0) is 6.42 Å². The van der Waals surface area contributed by atoms with Gasteiger partial charge in [-0.25, -0.2) is 0 Å². The Morgan fingerprint density at radius 2 is 1.89 bits per heavy atom. The SMILES string of the molecule is C[Si](C)(C)CC1Cc2c(ccc3ccccc23)O1. The topological polar surface area (TPSA) is 9.23 Å². The monoisotopic (exact) mass is 256 g/mol. The van der Waals surface area contributed by atoms with E-state index in [0.717, 1.165) is 12.2 Å². The van der Waals surface area contributed by atoms with Gasteiger partial charge in [-0.05, 0) is 22.9 Å². The van der Waals surface area contributed by atoms with Crippen molar-refractivity contribution in [2.75, 3.05) is 0 Å². The molecule has 2 aromatic carbocycles. The maximum atomic E-state index is 6.13. The van der Waals surface area contributed by atoms with Crippen LogP contribution in [0.4, 0.5) is 0 Å². The normalized spacial score (nSPS) is 18.7. The van der Waals surface area contributed by atoms with Crippen LogP contribution in [-0.4, -0.2) is 14.2 Å². The average Bonchev–Trinajstić information content (AvgIpc) is 2.69. The van der Waals surface area contributed by atoms with E-state index in [-0.39, 0.29) is 0 Å². The Morgan fingerprint density at radius 3 is 2.67 bits per heavy atom. The van der Waals surface area contributed by atoms with Gasteiger partial charge >= 0.3 is 0 Å². The first-order valence-corrected chi connectivity index (χ1v) is 10.4. The van der Waals surface area contributed by atoms with Crippen LogP contribution < -0.4 is 4.74 Å². The zero-order valence-electron chi connectivity index (χ0n) is 11.4. The van der Waals surface area contributed by atoms with Crippen molar-refractivity contribution in [2.24, 2.45) is 0 Å². The first-order valence-electron chi connectivity index (χ1n) is 6.70. The number of fused-ring (bicyclic) bond motifs is 3. The minimum Gasteiger partial charge on any atom is -0.490 e. The Labute approximate surface area is 110 Å². The maximum absolute atomic E-state index is 6.13. The van der Waals surface area contributed by atoms with E-state index >= 15 is 0 Å². The fourth-order valence-corrected chi connectivity index (χ4v) is 4.48. The minimum absolute atomic E-state index is 0.400. The maximum Gasteiger partial charge on any atom is 0.123 e. The second-order valence-corrected chi connectivity index (χ2v) is 12.0. The van der Waals surface area contributed by atoms with Crippen molar-refractivity contribution in [3.63, 3.8) is 0 Å². The smallest absolute Gasteiger partial charge is 0.123 e. The van der Waals surface area contributed by atoms with Gasteiger partial charge in [0.25, 0.3) is 0 Å². The minimum atomic E-state index is -1.05. The summed E-state index contributed by atoms with van der Waals surface area (Å²) in [7, 11) is -1.05. The van der Waals surface area contributed by atoms with Crippen molar-refractivity contribution in [3.8, 4) is 5.75 Å². The third-order valence-electron chi connectivity index (χ3n) is 3.56. The van der Waals surface area contributed by atoms with Crippen molar-refractivity contribution < 1.29 is 4.74 Å². The molecule has 3 rings (SSSR count). The van der Waals surface area contributed by atoms with Crippen molar-refractivity contribution in [3.05, 3.63) is 42.0 Å². The van der Waals surface area contributed by atoms with E-state index in [0.29, 0.717) is 6.10 Å². The van der Waals surface area contributed by atoms with E-state index in [4.69, 9.17) is 4.74 Å². The summed E-state index contributed by atoms with van der Waals surface area (Å²) in [5.74, 6) is 1.11. The van der Waals surface area contributed by atoms with Crippen molar-refractivity contribution in [2.45, 2.75) is 38.2 Å². The standard InChI is InChI=1S/C16H20OSi/c1-18(2,3)11-13-10-15-14-7-5-4-6-12(14)8-9-16(15)17-13/h4-9,13H,10-11H2,1-3H3. The molecule has 0 radical (unpaired) electrons. The summed E-state index contributed by atoms with van der Waals surface area (Å²) < 4.78 is 6.13. The Kier molecular flexibility index (Phi) is 2.70. The predicted molar refractivity (Wildman–Crippen MR) is 80.2 cm³/mol. The molecule has 0 fully saturated rings. The van der Waals surface area contributed by atoms with Gasteiger partial charge in [0.15, 0.2) is 0 Å². The molecule has 2 heteroatoms. The van der Waals surface area contributed by atoms with Crippen LogP contribution in [0.3, 0.4) is 0 Å². The number of benzene rings is 2. The third-order valence-corrected chi connectivity index (χ3v) is 5.24. The lowest BCUT2D eigenvalue weighted by Crippen LogP contribution is -2.29. The first kappa shape index (κ1) is 11.8. The molecule has 0 aromatic heterocycles. The molecule has 1 aliphatic rings. The average molecular weight is 256 g/mol. The molecule has 18 heavy (non-hydrogen) atoms. The van der Waals surface area contributed by atoms with Gasteiger partial charge in [-0.1, -0.05) is 50.0 Å². The summed E-state index contributed by atoms with van der Waals surface area (Å²) >= 11 is 0. The molecule has 1 atom stereocenters. The van der Waals surface area contributed by atoms with Crippen molar-refractivity contribution >= 4 is 18.8 Å². The molecule has 0 saturated carbocycles. The zero-order valence-corrected chi connectivity index (χ0v) is 12.4. The largest absolute Gasteiger partial charge is 0.490 e. The van der Waals surface area contributed by atoms with E-state index in [1.165, 1.54) is 22.4 Å². The molecular formula is C16H20OSi. The summed E-state index contributed by atoms with van der Waals surface area (Å²) in [6.07, 6.45) is 1.48. The van der Waals surface area contributed by atoms with Crippen LogP contribution in [0.5, 0.6) is 5.75 Å². The van der Waals surface area contributed by atoms with Crippen LogP contribution in [0.2, 0.25) is 25.7 Å². The van der Waals surface area contributed by atoms with Gasteiger partial charge in [-0.3, -0.25) is 0 Å². The highest BCUT2D eigenvalue weighted by Gasteiger charge is 2.29. The van der Waals surface area contributed by atoms with Crippen LogP contribution in [0.25, 0.3) is 10.8 Å². The molecule has 1 aliphatic heterocycles. The molecule has 0 spiro atoms. The van der Waals surface area contributed by atoms with E-state index in [9.17, 15) is 0 Å². The van der Waals surface area contributed by atoms with Gasteiger partial charge in [-0.2, -0.15) is 0 Å². The number of rotatable bonds is 2. The van der Waals surface area contributed by atoms with E-state index in [1.807, 2.05) is 0 Å². The number of hydrogen-bond acceptors (Lipinski definition) is 1. The zero-order chi connectivity index (χ0) is 12.8. The second kappa shape index (κ2) is 4.13. The lowest BCUT2D eigenvalue weighted by atomic mass is 10.0. The van der Waals surface area contributed by atoms with Crippen LogP contribution in [0, 0.1) is 0 Å². The fraction of sp³-hybridized carbons (Fsp3) is 0.375. The summed E-state index contributed by atoms with van der Waals surface area (Å²) in [5.41, 5.74) is 1.41. The second-order valence-electron chi connectivity index (χ2n) is 6.47. The Hall–Kier alpha value is -1.28. The van der Waals surface area contributed by atoms with Crippen LogP contribution in [0.1, 0.15) is 5.56 Å². The molecule has 94 valence electrons. The van der Waals surface area contributed by atoms with Crippen molar-refractivity contribution in [1.82, 2.24) is 0 Å². The summed E-state index contributed by atoms with van der Waals surface area (Å²) in [6, 6.07) is 14.2. The molecule has 0 amide bonds. The molecule has 0 saturated heterocycles. The highest BCUT2D eigenvalue weighted by molar-refractivity contribution is 6.76. The van der Waals surface area contributed by atoms with Gasteiger partial charge in [0, 0.05) is 20.1 Å². The first-order chi connectivity index (χ1) is 8.53. The van der Waals surface area contributed by atoms with Gasteiger partial charge in [0.1, 0.15) is 11.9 Å². The highest BCUT2D eigenvalue weighted by atomic mass is 28.3.